The molecule has 7 heteroatoms. The predicted octanol–water partition coefficient (Wildman–Crippen LogP) is 4.79. The van der Waals surface area contributed by atoms with Crippen LogP contribution in [-0.2, 0) is 11.3 Å². The van der Waals surface area contributed by atoms with Gasteiger partial charge in [0.15, 0.2) is 0 Å². The van der Waals surface area contributed by atoms with Gasteiger partial charge in [-0.05, 0) is 54.2 Å². The molecule has 0 aliphatic heterocycles. The molecule has 7 nitrogen and oxygen atoms in total. The Morgan fingerprint density at radius 2 is 1.74 bits per heavy atom. The number of primary amides is 1. The summed E-state index contributed by atoms with van der Waals surface area (Å²) in [6.07, 6.45) is 2.61. The van der Waals surface area contributed by atoms with Gasteiger partial charge in [-0.25, -0.2) is 4.79 Å². The third kappa shape index (κ3) is 4.75. The summed E-state index contributed by atoms with van der Waals surface area (Å²) < 4.78 is 7.09. The Kier molecular flexibility index (Phi) is 6.23. The number of ether oxygens (including phenoxy) is 1. The number of nitrogens with two attached hydrogens (primary N) is 1. The maximum absolute atomic E-state index is 13.5. The standard InChI is InChI=1S/C28H27N3O4/c29-28(34)35-23-12-10-22(11-13-23)30-27(33)26-15-20-9-8-18(17-32)14-25(20)31(26)16-21-6-3-5-19-4-1-2-7-24(19)21/h1-9,14-15,17,22-23H,10-13,16H2,(H2,29,34)(H,30,33). The molecule has 3 N–H and O–H groups in total. The molecule has 4 aromatic rings. The Morgan fingerprint density at radius 1 is 0.971 bits per heavy atom. The highest BCUT2D eigenvalue weighted by atomic mass is 16.6. The van der Waals surface area contributed by atoms with E-state index in [1.165, 1.54) is 0 Å². The average Bonchev–Trinajstić information content (AvgIpc) is 3.23. The van der Waals surface area contributed by atoms with Crippen LogP contribution in [0.5, 0.6) is 0 Å². The van der Waals surface area contributed by atoms with Gasteiger partial charge in [0.05, 0.1) is 0 Å². The molecule has 1 fully saturated rings. The zero-order valence-corrected chi connectivity index (χ0v) is 19.3. The first kappa shape index (κ1) is 22.7. The molecule has 0 spiro atoms. The van der Waals surface area contributed by atoms with Gasteiger partial charge in [0.25, 0.3) is 5.91 Å². The zero-order chi connectivity index (χ0) is 24.4. The fraction of sp³-hybridized carbons (Fsp3) is 0.250. The largest absolute Gasteiger partial charge is 0.446 e. The first-order valence-corrected chi connectivity index (χ1v) is 11.8. The maximum Gasteiger partial charge on any atom is 0.404 e. The van der Waals surface area contributed by atoms with Gasteiger partial charge in [0.1, 0.15) is 18.1 Å². The summed E-state index contributed by atoms with van der Waals surface area (Å²) in [7, 11) is 0. The van der Waals surface area contributed by atoms with Crippen molar-refractivity contribution in [2.24, 2.45) is 5.73 Å². The summed E-state index contributed by atoms with van der Waals surface area (Å²) in [5.74, 6) is -0.159. The second kappa shape index (κ2) is 9.62. The summed E-state index contributed by atoms with van der Waals surface area (Å²) in [5, 5.41) is 6.33. The van der Waals surface area contributed by atoms with Crippen LogP contribution in [0.1, 0.15) is 52.1 Å². The lowest BCUT2D eigenvalue weighted by molar-refractivity contribution is 0.0708. The van der Waals surface area contributed by atoms with E-state index in [2.05, 4.69) is 29.6 Å². The second-order valence-corrected chi connectivity index (χ2v) is 9.07. The molecule has 35 heavy (non-hydrogen) atoms. The lowest BCUT2D eigenvalue weighted by Crippen LogP contribution is -2.40. The molecule has 0 bridgehead atoms. The van der Waals surface area contributed by atoms with Crippen molar-refractivity contribution in [2.45, 2.75) is 44.4 Å². The normalized spacial score (nSPS) is 17.8. The van der Waals surface area contributed by atoms with Gasteiger partial charge in [0, 0.05) is 29.1 Å². The van der Waals surface area contributed by atoms with Crippen molar-refractivity contribution in [3.05, 3.63) is 83.6 Å². The second-order valence-electron chi connectivity index (χ2n) is 9.07. The van der Waals surface area contributed by atoms with E-state index in [1.54, 1.807) is 6.07 Å². The number of hydrogen-bond donors (Lipinski definition) is 2. The van der Waals surface area contributed by atoms with Crippen LogP contribution >= 0.6 is 0 Å². The fourth-order valence-electron chi connectivity index (χ4n) is 5.05. The molecule has 1 heterocycles. The van der Waals surface area contributed by atoms with Crippen molar-refractivity contribution < 1.29 is 19.1 Å². The molecule has 0 unspecified atom stereocenters. The number of carbonyl (C=O) groups is 3. The fourth-order valence-corrected chi connectivity index (χ4v) is 5.05. The third-order valence-corrected chi connectivity index (χ3v) is 6.80. The number of aldehydes is 1. The summed E-state index contributed by atoms with van der Waals surface area (Å²) in [6.45, 7) is 0.495. The number of benzene rings is 3. The van der Waals surface area contributed by atoms with Gasteiger partial charge in [-0.3, -0.25) is 9.59 Å². The van der Waals surface area contributed by atoms with Crippen LogP contribution in [0.4, 0.5) is 4.79 Å². The Hall–Kier alpha value is -4.13. The molecule has 0 atom stereocenters. The van der Waals surface area contributed by atoms with E-state index in [1.807, 2.05) is 41.0 Å². The first-order valence-electron chi connectivity index (χ1n) is 11.8. The van der Waals surface area contributed by atoms with Crippen molar-refractivity contribution in [3.63, 3.8) is 0 Å². The van der Waals surface area contributed by atoms with E-state index in [4.69, 9.17) is 10.5 Å². The van der Waals surface area contributed by atoms with Crippen molar-refractivity contribution in [3.8, 4) is 0 Å². The van der Waals surface area contributed by atoms with Gasteiger partial charge < -0.3 is 20.4 Å². The van der Waals surface area contributed by atoms with E-state index in [-0.39, 0.29) is 18.1 Å². The van der Waals surface area contributed by atoms with Gasteiger partial charge in [-0.15, -0.1) is 0 Å². The topological polar surface area (TPSA) is 103 Å². The number of aromatic nitrogens is 1. The van der Waals surface area contributed by atoms with Crippen LogP contribution in [0.25, 0.3) is 21.7 Å². The molecule has 0 saturated heterocycles. The smallest absolute Gasteiger partial charge is 0.404 e. The SMILES string of the molecule is NC(=O)OC1CCC(NC(=O)c2cc3ccc(C=O)cc3n2Cc2cccc3ccccc23)CC1. The summed E-state index contributed by atoms with van der Waals surface area (Å²) >= 11 is 0. The van der Waals surface area contributed by atoms with E-state index in [9.17, 15) is 14.4 Å². The van der Waals surface area contributed by atoms with Crippen molar-refractivity contribution >= 4 is 40.0 Å². The Labute approximate surface area is 202 Å². The van der Waals surface area contributed by atoms with Crippen molar-refractivity contribution in [2.75, 3.05) is 0 Å². The summed E-state index contributed by atoms with van der Waals surface area (Å²) in [5.41, 5.74) is 8.18. The highest BCUT2D eigenvalue weighted by Crippen LogP contribution is 2.27. The number of hydrogen-bond acceptors (Lipinski definition) is 4. The molecule has 1 aliphatic rings. The molecule has 5 rings (SSSR count). The molecular formula is C28H27N3O4. The van der Waals surface area contributed by atoms with Crippen LogP contribution < -0.4 is 11.1 Å². The van der Waals surface area contributed by atoms with Crippen molar-refractivity contribution in [1.82, 2.24) is 9.88 Å². The van der Waals surface area contributed by atoms with Crippen LogP contribution in [0.15, 0.2) is 66.7 Å². The lowest BCUT2D eigenvalue weighted by atomic mass is 9.93. The lowest BCUT2D eigenvalue weighted by Gasteiger charge is -2.28. The minimum atomic E-state index is -0.759. The monoisotopic (exact) mass is 469 g/mol. The van der Waals surface area contributed by atoms with E-state index < -0.39 is 6.09 Å². The van der Waals surface area contributed by atoms with Crippen LogP contribution in [0.3, 0.4) is 0 Å². The quantitative estimate of drug-likeness (QED) is 0.396. The molecule has 1 aliphatic carbocycles. The van der Waals surface area contributed by atoms with Crippen molar-refractivity contribution in [1.29, 1.82) is 0 Å². The first-order chi connectivity index (χ1) is 17.0. The van der Waals surface area contributed by atoms with Crippen LogP contribution in [0, 0.1) is 0 Å². The zero-order valence-electron chi connectivity index (χ0n) is 19.3. The Bertz CT molecular complexity index is 1410. The molecule has 1 saturated carbocycles. The number of nitrogens with zero attached hydrogens (tertiary/aromatic N) is 1. The Balaban J connectivity index is 1.46. The molecule has 2 amide bonds. The minimum absolute atomic E-state index is 0.00946. The average molecular weight is 470 g/mol. The molecule has 3 aromatic carbocycles. The number of rotatable bonds is 6. The van der Waals surface area contributed by atoms with E-state index in [0.717, 1.165) is 33.5 Å². The third-order valence-electron chi connectivity index (χ3n) is 6.80. The van der Waals surface area contributed by atoms with E-state index >= 15 is 0 Å². The summed E-state index contributed by atoms with van der Waals surface area (Å²) in [6, 6.07) is 21.7. The number of carbonyl (C=O) groups excluding carboxylic acids is 3. The Morgan fingerprint density at radius 3 is 2.51 bits per heavy atom. The molecular weight excluding hydrogens is 442 g/mol. The van der Waals surface area contributed by atoms with Gasteiger partial charge >= 0.3 is 6.09 Å². The van der Waals surface area contributed by atoms with Gasteiger partial charge in [-0.1, -0.05) is 54.6 Å². The maximum atomic E-state index is 13.5. The van der Waals surface area contributed by atoms with Gasteiger partial charge in [-0.2, -0.15) is 0 Å². The van der Waals surface area contributed by atoms with Gasteiger partial charge in [0.2, 0.25) is 0 Å². The number of amides is 2. The number of fused-ring (bicyclic) bond motifs is 2. The highest BCUT2D eigenvalue weighted by Gasteiger charge is 2.26. The van der Waals surface area contributed by atoms with Crippen LogP contribution in [0.2, 0.25) is 0 Å². The summed E-state index contributed by atoms with van der Waals surface area (Å²) in [4.78, 5) is 35.9. The highest BCUT2D eigenvalue weighted by molar-refractivity contribution is 6.00. The molecule has 178 valence electrons. The predicted molar refractivity (Wildman–Crippen MR) is 135 cm³/mol. The minimum Gasteiger partial charge on any atom is -0.446 e. The molecule has 0 radical (unpaired) electrons. The van der Waals surface area contributed by atoms with E-state index in [0.29, 0.717) is 43.5 Å². The number of nitrogens with one attached hydrogen (secondary N) is 1. The van der Waals surface area contributed by atoms with Crippen LogP contribution in [-0.4, -0.2) is 35.0 Å². The molecule has 1 aromatic heterocycles.